The molecule has 0 bridgehead atoms. The van der Waals surface area contributed by atoms with E-state index < -0.39 is 8.32 Å². The van der Waals surface area contributed by atoms with E-state index in [9.17, 15) is 0 Å². The lowest BCUT2D eigenvalue weighted by Crippen LogP contribution is -2.40. The number of hydrogen-bond acceptors (Lipinski definition) is 1. The SMILES string of the molecule is C=C/C(=C/CCC)O[Si](C)(C)C(C)(C)C. The minimum absolute atomic E-state index is 0.251. The fraction of sp³-hybridized carbons (Fsp3) is 0.692. The Labute approximate surface area is 96.4 Å². The third kappa shape index (κ3) is 4.69. The molecule has 0 saturated heterocycles. The van der Waals surface area contributed by atoms with E-state index in [0.29, 0.717) is 0 Å². The molecule has 0 fully saturated rings. The molecular weight excluding hydrogens is 200 g/mol. The van der Waals surface area contributed by atoms with Gasteiger partial charge < -0.3 is 4.43 Å². The van der Waals surface area contributed by atoms with Crippen molar-refractivity contribution in [2.45, 2.75) is 58.7 Å². The fourth-order valence-corrected chi connectivity index (χ4v) is 1.96. The minimum atomic E-state index is -1.68. The Balaban J connectivity index is 4.61. The summed E-state index contributed by atoms with van der Waals surface area (Å²) in [6, 6.07) is 0. The van der Waals surface area contributed by atoms with Crippen LogP contribution in [-0.2, 0) is 4.43 Å². The predicted octanol–water partition coefficient (Wildman–Crippen LogP) is 4.88. The van der Waals surface area contributed by atoms with Crippen molar-refractivity contribution in [1.82, 2.24) is 0 Å². The summed E-state index contributed by atoms with van der Waals surface area (Å²) in [5.41, 5.74) is 0. The van der Waals surface area contributed by atoms with Gasteiger partial charge in [-0.3, -0.25) is 0 Å². The smallest absolute Gasteiger partial charge is 0.250 e. The van der Waals surface area contributed by atoms with E-state index in [0.717, 1.165) is 18.6 Å². The maximum Gasteiger partial charge on any atom is 0.250 e. The van der Waals surface area contributed by atoms with Crippen LogP contribution in [0, 0.1) is 0 Å². The van der Waals surface area contributed by atoms with Crippen LogP contribution in [0.1, 0.15) is 40.5 Å². The van der Waals surface area contributed by atoms with E-state index in [1.807, 2.05) is 6.08 Å². The number of rotatable bonds is 5. The standard InChI is InChI=1S/C13H26OSi/c1-8-10-11-12(9-2)14-15(6,7)13(3,4)5/h9,11H,2,8,10H2,1,3-7H3/b12-11-. The van der Waals surface area contributed by atoms with Crippen LogP contribution in [0.25, 0.3) is 0 Å². The molecule has 0 radical (unpaired) electrons. The molecule has 0 aromatic carbocycles. The molecule has 0 heterocycles. The molecule has 0 saturated carbocycles. The van der Waals surface area contributed by atoms with Crippen LogP contribution in [0.5, 0.6) is 0 Å². The Morgan fingerprint density at radius 1 is 1.33 bits per heavy atom. The van der Waals surface area contributed by atoms with Crippen molar-refractivity contribution >= 4 is 8.32 Å². The van der Waals surface area contributed by atoms with Crippen molar-refractivity contribution in [3.05, 3.63) is 24.5 Å². The van der Waals surface area contributed by atoms with Crippen molar-refractivity contribution in [3.63, 3.8) is 0 Å². The summed E-state index contributed by atoms with van der Waals surface area (Å²) in [7, 11) is -1.68. The summed E-state index contributed by atoms with van der Waals surface area (Å²) in [6.45, 7) is 17.2. The maximum atomic E-state index is 6.14. The average molecular weight is 226 g/mol. The zero-order valence-electron chi connectivity index (χ0n) is 11.2. The maximum absolute atomic E-state index is 6.14. The van der Waals surface area contributed by atoms with Crippen LogP contribution in [-0.4, -0.2) is 8.32 Å². The van der Waals surface area contributed by atoms with Gasteiger partial charge in [-0.15, -0.1) is 0 Å². The lowest BCUT2D eigenvalue weighted by molar-refractivity contribution is 0.398. The first-order valence-corrected chi connectivity index (χ1v) is 8.67. The number of hydrogen-bond donors (Lipinski definition) is 0. The van der Waals surface area contributed by atoms with Crippen molar-refractivity contribution in [2.24, 2.45) is 0 Å². The molecule has 0 amide bonds. The second-order valence-corrected chi connectivity index (χ2v) is 10.2. The highest BCUT2D eigenvalue weighted by molar-refractivity contribution is 6.74. The van der Waals surface area contributed by atoms with E-state index in [-0.39, 0.29) is 5.04 Å². The lowest BCUT2D eigenvalue weighted by Gasteiger charge is -2.36. The van der Waals surface area contributed by atoms with Gasteiger partial charge in [0.2, 0.25) is 8.32 Å². The zero-order chi connectivity index (χ0) is 12.1. The Morgan fingerprint density at radius 2 is 1.87 bits per heavy atom. The van der Waals surface area contributed by atoms with Crippen LogP contribution in [0.2, 0.25) is 18.1 Å². The molecule has 1 nitrogen and oxygen atoms in total. The first kappa shape index (κ1) is 14.5. The highest BCUT2D eigenvalue weighted by Crippen LogP contribution is 2.38. The number of unbranched alkanes of at least 4 members (excludes halogenated alkanes) is 1. The van der Waals surface area contributed by atoms with Crippen molar-refractivity contribution in [3.8, 4) is 0 Å². The van der Waals surface area contributed by atoms with Gasteiger partial charge in [0.15, 0.2) is 0 Å². The second-order valence-electron chi connectivity index (χ2n) is 5.46. The van der Waals surface area contributed by atoms with E-state index in [2.05, 4.69) is 53.4 Å². The zero-order valence-corrected chi connectivity index (χ0v) is 12.2. The molecule has 88 valence electrons. The van der Waals surface area contributed by atoms with E-state index in [4.69, 9.17) is 4.43 Å². The molecule has 0 atom stereocenters. The van der Waals surface area contributed by atoms with Crippen LogP contribution in [0.4, 0.5) is 0 Å². The molecule has 0 aromatic heterocycles. The van der Waals surface area contributed by atoms with Crippen LogP contribution < -0.4 is 0 Å². The van der Waals surface area contributed by atoms with Crippen LogP contribution in [0.15, 0.2) is 24.5 Å². The average Bonchev–Trinajstić information content (AvgIpc) is 2.10. The number of allylic oxidation sites excluding steroid dienone is 2. The van der Waals surface area contributed by atoms with Gasteiger partial charge in [0.05, 0.1) is 5.76 Å². The van der Waals surface area contributed by atoms with Gasteiger partial charge in [0.1, 0.15) is 0 Å². The molecule has 0 unspecified atom stereocenters. The Kier molecular flexibility index (Phi) is 5.36. The van der Waals surface area contributed by atoms with Crippen molar-refractivity contribution in [1.29, 1.82) is 0 Å². The van der Waals surface area contributed by atoms with Gasteiger partial charge in [-0.2, -0.15) is 0 Å². The first-order valence-electron chi connectivity index (χ1n) is 5.76. The van der Waals surface area contributed by atoms with Crippen molar-refractivity contribution in [2.75, 3.05) is 0 Å². The van der Waals surface area contributed by atoms with Crippen LogP contribution >= 0.6 is 0 Å². The van der Waals surface area contributed by atoms with E-state index in [1.54, 1.807) is 0 Å². The molecule has 15 heavy (non-hydrogen) atoms. The molecule has 0 spiro atoms. The third-order valence-electron chi connectivity index (χ3n) is 3.01. The first-order chi connectivity index (χ1) is 6.74. The highest BCUT2D eigenvalue weighted by Gasteiger charge is 2.38. The quantitative estimate of drug-likeness (QED) is 0.369. The molecule has 0 aromatic rings. The highest BCUT2D eigenvalue weighted by atomic mass is 28.4. The van der Waals surface area contributed by atoms with Gasteiger partial charge in [0.25, 0.3) is 0 Å². The van der Waals surface area contributed by atoms with Gasteiger partial charge in [-0.1, -0.05) is 40.7 Å². The summed E-state index contributed by atoms with van der Waals surface area (Å²) >= 11 is 0. The summed E-state index contributed by atoms with van der Waals surface area (Å²) < 4.78 is 6.14. The second kappa shape index (κ2) is 5.55. The van der Waals surface area contributed by atoms with Gasteiger partial charge in [0, 0.05) is 0 Å². The predicted molar refractivity (Wildman–Crippen MR) is 71.5 cm³/mol. The molecule has 0 N–H and O–H groups in total. The Bertz CT molecular complexity index is 233. The summed E-state index contributed by atoms with van der Waals surface area (Å²) in [5, 5.41) is 0.251. The Hall–Kier alpha value is -0.503. The topological polar surface area (TPSA) is 9.23 Å². The monoisotopic (exact) mass is 226 g/mol. The fourth-order valence-electron chi connectivity index (χ4n) is 0.901. The van der Waals surface area contributed by atoms with Crippen LogP contribution in [0.3, 0.4) is 0 Å². The van der Waals surface area contributed by atoms with Gasteiger partial charge >= 0.3 is 0 Å². The molecule has 2 heteroatoms. The lowest BCUT2D eigenvalue weighted by atomic mass is 10.2. The summed E-state index contributed by atoms with van der Waals surface area (Å²) in [6.07, 6.45) is 6.19. The Morgan fingerprint density at radius 3 is 2.20 bits per heavy atom. The van der Waals surface area contributed by atoms with E-state index >= 15 is 0 Å². The van der Waals surface area contributed by atoms with Gasteiger partial charge in [-0.25, -0.2) is 0 Å². The van der Waals surface area contributed by atoms with E-state index in [1.165, 1.54) is 0 Å². The van der Waals surface area contributed by atoms with Gasteiger partial charge in [-0.05, 0) is 36.7 Å². The third-order valence-corrected chi connectivity index (χ3v) is 7.37. The summed E-state index contributed by atoms with van der Waals surface area (Å²) in [4.78, 5) is 0. The largest absolute Gasteiger partial charge is 0.544 e. The molecule has 0 aliphatic rings. The summed E-state index contributed by atoms with van der Waals surface area (Å²) in [5.74, 6) is 0.962. The molecule has 0 aliphatic heterocycles. The molecule has 0 rings (SSSR count). The molecular formula is C13H26OSi. The normalized spacial score (nSPS) is 13.9. The minimum Gasteiger partial charge on any atom is -0.544 e. The van der Waals surface area contributed by atoms with Crippen molar-refractivity contribution < 1.29 is 4.43 Å². The molecule has 0 aliphatic carbocycles.